The van der Waals surface area contributed by atoms with E-state index in [-0.39, 0.29) is 11.1 Å². The van der Waals surface area contributed by atoms with Crippen LogP contribution in [-0.4, -0.2) is 25.2 Å². The van der Waals surface area contributed by atoms with Gasteiger partial charge in [-0.1, -0.05) is 29.8 Å². The number of rotatable bonds is 3. The number of nitrogens with zero attached hydrogens (tertiary/aromatic N) is 2. The third kappa shape index (κ3) is 3.32. The molecule has 0 bridgehead atoms. The third-order valence-corrected chi connectivity index (χ3v) is 4.67. The summed E-state index contributed by atoms with van der Waals surface area (Å²) in [6.07, 6.45) is 1.73. The van der Waals surface area contributed by atoms with Crippen molar-refractivity contribution in [3.05, 3.63) is 64.0 Å². The number of benzene rings is 2. The fourth-order valence-electron chi connectivity index (χ4n) is 2.33. The molecule has 1 fully saturated rings. The topological polar surface area (TPSA) is 40.6 Å². The Morgan fingerprint density at radius 3 is 2.42 bits per heavy atom. The number of hydrogen-bond donors (Lipinski definition) is 0. The van der Waals surface area contributed by atoms with Crippen LogP contribution in [0.3, 0.4) is 0 Å². The van der Waals surface area contributed by atoms with E-state index in [9.17, 15) is 9.59 Å². The van der Waals surface area contributed by atoms with Crippen molar-refractivity contribution >= 4 is 52.0 Å². The van der Waals surface area contributed by atoms with Crippen LogP contribution < -0.4 is 9.80 Å². The molecule has 0 aliphatic carbocycles. The smallest absolute Gasteiger partial charge is 0.298 e. The van der Waals surface area contributed by atoms with Crippen LogP contribution >= 0.6 is 23.4 Å². The Balaban J connectivity index is 1.88. The van der Waals surface area contributed by atoms with Crippen molar-refractivity contribution < 1.29 is 9.59 Å². The van der Waals surface area contributed by atoms with Crippen LogP contribution in [0.5, 0.6) is 0 Å². The monoisotopic (exact) mass is 358 g/mol. The summed E-state index contributed by atoms with van der Waals surface area (Å²) in [4.78, 5) is 28.3. The molecule has 122 valence electrons. The van der Waals surface area contributed by atoms with Crippen molar-refractivity contribution in [1.82, 2.24) is 0 Å². The van der Waals surface area contributed by atoms with Crippen molar-refractivity contribution in [2.75, 3.05) is 23.9 Å². The standard InChI is InChI=1S/C18H15ClN2O2S/c1-20(2)14-8-6-12(7-9-14)10-16-17(22)21(18(23)24-16)15-5-3-4-13(19)11-15/h3-11H,1-2H3. The first-order chi connectivity index (χ1) is 11.5. The Kier molecular flexibility index (Phi) is 4.64. The molecule has 0 radical (unpaired) electrons. The number of carbonyl (C=O) groups is 2. The van der Waals surface area contributed by atoms with E-state index in [0.717, 1.165) is 27.9 Å². The van der Waals surface area contributed by atoms with E-state index in [1.54, 1.807) is 30.3 Å². The lowest BCUT2D eigenvalue weighted by Gasteiger charge is -2.12. The highest BCUT2D eigenvalue weighted by Gasteiger charge is 2.36. The summed E-state index contributed by atoms with van der Waals surface area (Å²) in [7, 11) is 3.93. The van der Waals surface area contributed by atoms with Crippen LogP contribution in [0.25, 0.3) is 6.08 Å². The maximum atomic E-state index is 12.6. The van der Waals surface area contributed by atoms with Crippen molar-refractivity contribution in [1.29, 1.82) is 0 Å². The van der Waals surface area contributed by atoms with Gasteiger partial charge in [0, 0.05) is 24.8 Å². The van der Waals surface area contributed by atoms with E-state index in [0.29, 0.717) is 15.6 Å². The minimum absolute atomic E-state index is 0.321. The van der Waals surface area contributed by atoms with Gasteiger partial charge in [-0.15, -0.1) is 0 Å². The van der Waals surface area contributed by atoms with Gasteiger partial charge in [-0.25, -0.2) is 4.90 Å². The Bertz CT molecular complexity index is 831. The first-order valence-corrected chi connectivity index (χ1v) is 8.46. The van der Waals surface area contributed by atoms with Crippen molar-refractivity contribution in [3.63, 3.8) is 0 Å². The first-order valence-electron chi connectivity index (χ1n) is 7.26. The molecule has 3 rings (SSSR count). The predicted octanol–water partition coefficient (Wildman–Crippen LogP) is 4.65. The van der Waals surface area contributed by atoms with Crippen LogP contribution in [0.1, 0.15) is 5.56 Å². The quantitative estimate of drug-likeness (QED) is 0.749. The number of amides is 2. The SMILES string of the molecule is CN(C)c1ccc(C=C2SC(=O)N(c3cccc(Cl)c3)C2=O)cc1. The maximum absolute atomic E-state index is 12.6. The van der Waals surface area contributed by atoms with Gasteiger partial charge >= 0.3 is 0 Å². The molecule has 4 nitrogen and oxygen atoms in total. The highest BCUT2D eigenvalue weighted by molar-refractivity contribution is 8.19. The summed E-state index contributed by atoms with van der Waals surface area (Å²) in [5.41, 5.74) is 2.42. The Morgan fingerprint density at radius 2 is 1.79 bits per heavy atom. The van der Waals surface area contributed by atoms with Gasteiger partial charge in [-0.05, 0) is 53.7 Å². The molecule has 1 heterocycles. The summed E-state index contributed by atoms with van der Waals surface area (Å²) in [6, 6.07) is 14.5. The number of halogens is 1. The van der Waals surface area contributed by atoms with Gasteiger partial charge in [-0.3, -0.25) is 9.59 Å². The van der Waals surface area contributed by atoms with E-state index in [4.69, 9.17) is 11.6 Å². The minimum Gasteiger partial charge on any atom is -0.378 e. The number of thioether (sulfide) groups is 1. The lowest BCUT2D eigenvalue weighted by Crippen LogP contribution is -2.27. The molecule has 24 heavy (non-hydrogen) atoms. The number of anilines is 2. The van der Waals surface area contributed by atoms with Crippen LogP contribution in [0.2, 0.25) is 5.02 Å². The van der Waals surface area contributed by atoms with Crippen LogP contribution in [0.4, 0.5) is 16.2 Å². The molecular weight excluding hydrogens is 344 g/mol. The van der Waals surface area contributed by atoms with Crippen molar-refractivity contribution in [2.45, 2.75) is 0 Å². The second-order valence-corrected chi connectivity index (χ2v) is 6.91. The van der Waals surface area contributed by atoms with Gasteiger partial charge in [0.25, 0.3) is 11.1 Å². The molecule has 2 aromatic carbocycles. The van der Waals surface area contributed by atoms with Crippen LogP contribution in [0, 0.1) is 0 Å². The molecule has 0 spiro atoms. The van der Waals surface area contributed by atoms with E-state index in [1.165, 1.54) is 0 Å². The normalized spacial score (nSPS) is 16.1. The largest absolute Gasteiger partial charge is 0.378 e. The average molecular weight is 359 g/mol. The summed E-state index contributed by atoms with van der Waals surface area (Å²) >= 11 is 6.88. The Labute approximate surface area is 149 Å². The Morgan fingerprint density at radius 1 is 1.08 bits per heavy atom. The molecule has 0 N–H and O–H groups in total. The van der Waals surface area contributed by atoms with Gasteiger partial charge in [-0.2, -0.15) is 0 Å². The average Bonchev–Trinajstić information content (AvgIpc) is 2.82. The van der Waals surface area contributed by atoms with Gasteiger partial charge in [0.05, 0.1) is 10.6 Å². The number of hydrogen-bond acceptors (Lipinski definition) is 4. The van der Waals surface area contributed by atoms with Crippen molar-refractivity contribution in [3.8, 4) is 0 Å². The molecule has 0 aromatic heterocycles. The van der Waals surface area contributed by atoms with E-state index in [1.807, 2.05) is 43.3 Å². The lowest BCUT2D eigenvalue weighted by molar-refractivity contribution is -0.113. The summed E-state index contributed by atoms with van der Waals surface area (Å²) in [6.45, 7) is 0. The molecule has 1 aliphatic heterocycles. The molecule has 6 heteroatoms. The fourth-order valence-corrected chi connectivity index (χ4v) is 3.35. The second-order valence-electron chi connectivity index (χ2n) is 5.48. The maximum Gasteiger partial charge on any atom is 0.298 e. The van der Waals surface area contributed by atoms with Gasteiger partial charge in [0.1, 0.15) is 0 Å². The van der Waals surface area contributed by atoms with Gasteiger partial charge in [0.2, 0.25) is 0 Å². The third-order valence-electron chi connectivity index (χ3n) is 3.57. The fraction of sp³-hybridized carbons (Fsp3) is 0.111. The zero-order valence-corrected chi connectivity index (χ0v) is 14.8. The molecule has 1 saturated heterocycles. The number of carbonyl (C=O) groups excluding carboxylic acids is 2. The molecule has 2 aromatic rings. The molecular formula is C18H15ClN2O2S. The molecule has 0 atom stereocenters. The van der Waals surface area contributed by atoms with Crippen LogP contribution in [0.15, 0.2) is 53.4 Å². The summed E-state index contributed by atoms with van der Waals surface area (Å²) < 4.78 is 0. The van der Waals surface area contributed by atoms with Crippen molar-refractivity contribution in [2.24, 2.45) is 0 Å². The lowest BCUT2D eigenvalue weighted by atomic mass is 10.2. The summed E-state index contributed by atoms with van der Waals surface area (Å²) in [5.74, 6) is -0.330. The highest BCUT2D eigenvalue weighted by atomic mass is 35.5. The zero-order chi connectivity index (χ0) is 17.3. The Hall–Kier alpha value is -2.24. The van der Waals surface area contributed by atoms with Gasteiger partial charge < -0.3 is 4.90 Å². The molecule has 0 unspecified atom stereocenters. The molecule has 0 saturated carbocycles. The van der Waals surface area contributed by atoms with E-state index < -0.39 is 0 Å². The zero-order valence-electron chi connectivity index (χ0n) is 13.2. The highest BCUT2D eigenvalue weighted by Crippen LogP contribution is 2.36. The molecule has 2 amide bonds. The summed E-state index contributed by atoms with van der Waals surface area (Å²) in [5, 5.41) is 0.160. The first kappa shape index (κ1) is 16.6. The predicted molar refractivity (Wildman–Crippen MR) is 101 cm³/mol. The van der Waals surface area contributed by atoms with E-state index >= 15 is 0 Å². The van der Waals surface area contributed by atoms with E-state index in [2.05, 4.69) is 0 Å². The minimum atomic E-state index is -0.330. The second kappa shape index (κ2) is 6.71. The number of imide groups is 1. The molecule has 1 aliphatic rings. The van der Waals surface area contributed by atoms with Crippen LogP contribution in [-0.2, 0) is 4.79 Å². The van der Waals surface area contributed by atoms with Gasteiger partial charge in [0.15, 0.2) is 0 Å².